The van der Waals surface area contributed by atoms with E-state index in [0.29, 0.717) is 5.69 Å². The molecular weight excluding hydrogens is 242 g/mol. The van der Waals surface area contributed by atoms with Gasteiger partial charge in [0, 0.05) is 6.04 Å². The number of carbonyl (C=O) groups excluding carboxylic acids is 1. The van der Waals surface area contributed by atoms with Crippen molar-refractivity contribution in [3.63, 3.8) is 0 Å². The maximum Gasteiger partial charge on any atom is 0.340 e. The Bertz CT molecular complexity index is 565. The van der Waals surface area contributed by atoms with Crippen molar-refractivity contribution in [1.82, 2.24) is 0 Å². The van der Waals surface area contributed by atoms with Crippen molar-refractivity contribution in [2.75, 3.05) is 18.2 Å². The van der Waals surface area contributed by atoms with Gasteiger partial charge in [0.05, 0.1) is 29.0 Å². The van der Waals surface area contributed by atoms with Crippen molar-refractivity contribution in [2.24, 2.45) is 0 Å². The van der Waals surface area contributed by atoms with Gasteiger partial charge in [0.15, 0.2) is 9.84 Å². The van der Waals surface area contributed by atoms with Gasteiger partial charge in [0.2, 0.25) is 0 Å². The van der Waals surface area contributed by atoms with Crippen LogP contribution in [0.5, 0.6) is 0 Å². The third kappa shape index (κ3) is 2.00. The van der Waals surface area contributed by atoms with Crippen molar-refractivity contribution < 1.29 is 17.9 Å². The number of rotatable bonds is 1. The van der Waals surface area contributed by atoms with Gasteiger partial charge in [-0.05, 0) is 19.1 Å². The Labute approximate surface area is 99.7 Å². The Kier molecular flexibility index (Phi) is 2.82. The molecule has 0 fully saturated rings. The zero-order valence-electron chi connectivity index (χ0n) is 9.56. The SMILES string of the molecule is COC(=O)c1cccc2c1NC(C)CS2(=O)=O. The van der Waals surface area contributed by atoms with E-state index >= 15 is 0 Å². The minimum Gasteiger partial charge on any atom is -0.465 e. The fraction of sp³-hybridized carbons (Fsp3) is 0.364. The summed E-state index contributed by atoms with van der Waals surface area (Å²) in [7, 11) is -2.06. The van der Waals surface area contributed by atoms with Crippen LogP contribution >= 0.6 is 0 Å². The quantitative estimate of drug-likeness (QED) is 0.760. The van der Waals surface area contributed by atoms with Crippen LogP contribution in [0.4, 0.5) is 5.69 Å². The molecule has 1 atom stereocenters. The number of hydrogen-bond donors (Lipinski definition) is 1. The minimum atomic E-state index is -3.33. The van der Waals surface area contributed by atoms with E-state index in [4.69, 9.17) is 0 Å². The van der Waals surface area contributed by atoms with Crippen LogP contribution in [-0.4, -0.2) is 33.3 Å². The fourth-order valence-corrected chi connectivity index (χ4v) is 3.61. The van der Waals surface area contributed by atoms with Crippen molar-refractivity contribution in [2.45, 2.75) is 17.9 Å². The molecule has 1 aromatic carbocycles. The summed E-state index contributed by atoms with van der Waals surface area (Å²) >= 11 is 0. The molecule has 1 aliphatic heterocycles. The molecule has 92 valence electrons. The van der Waals surface area contributed by atoms with E-state index in [1.807, 2.05) is 0 Å². The average Bonchev–Trinajstić information content (AvgIpc) is 2.26. The van der Waals surface area contributed by atoms with Gasteiger partial charge in [-0.15, -0.1) is 0 Å². The summed E-state index contributed by atoms with van der Waals surface area (Å²) in [6.45, 7) is 1.76. The summed E-state index contributed by atoms with van der Waals surface area (Å²) in [6.07, 6.45) is 0. The first-order valence-corrected chi connectivity index (χ1v) is 6.81. The molecule has 2 rings (SSSR count). The van der Waals surface area contributed by atoms with Crippen LogP contribution < -0.4 is 5.32 Å². The van der Waals surface area contributed by atoms with Crippen LogP contribution in [0.25, 0.3) is 0 Å². The zero-order chi connectivity index (χ0) is 12.6. The third-order valence-corrected chi connectivity index (χ3v) is 4.58. The lowest BCUT2D eigenvalue weighted by atomic mass is 10.1. The largest absolute Gasteiger partial charge is 0.465 e. The van der Waals surface area contributed by atoms with Gasteiger partial charge in [-0.2, -0.15) is 0 Å². The molecule has 0 bridgehead atoms. The number of ether oxygens (including phenoxy) is 1. The van der Waals surface area contributed by atoms with Gasteiger partial charge in [-0.3, -0.25) is 0 Å². The summed E-state index contributed by atoms with van der Waals surface area (Å²) < 4.78 is 28.5. The topological polar surface area (TPSA) is 72.5 Å². The second kappa shape index (κ2) is 4.03. The standard InChI is InChI=1S/C11H13NO4S/c1-7-6-17(14,15)9-5-3-4-8(10(9)12-7)11(13)16-2/h3-5,7,12H,6H2,1-2H3. The maximum absolute atomic E-state index is 12.0. The molecule has 6 heteroatoms. The van der Waals surface area contributed by atoms with Gasteiger partial charge in [-0.1, -0.05) is 6.07 Å². The molecule has 5 nitrogen and oxygen atoms in total. The monoisotopic (exact) mass is 255 g/mol. The lowest BCUT2D eigenvalue weighted by Crippen LogP contribution is -2.32. The second-order valence-corrected chi connectivity index (χ2v) is 6.00. The van der Waals surface area contributed by atoms with Crippen LogP contribution in [0, 0.1) is 0 Å². The van der Waals surface area contributed by atoms with E-state index in [0.717, 1.165) is 0 Å². The molecule has 1 unspecified atom stereocenters. The number of esters is 1. The summed E-state index contributed by atoms with van der Waals surface area (Å²) in [5.41, 5.74) is 0.596. The molecule has 0 amide bonds. The Balaban J connectivity index is 2.66. The highest BCUT2D eigenvalue weighted by molar-refractivity contribution is 7.91. The van der Waals surface area contributed by atoms with Crippen LogP contribution in [0.1, 0.15) is 17.3 Å². The molecule has 0 aliphatic carbocycles. The molecule has 1 heterocycles. The molecule has 1 N–H and O–H groups in total. The lowest BCUT2D eigenvalue weighted by molar-refractivity contribution is 0.0601. The van der Waals surface area contributed by atoms with Crippen molar-refractivity contribution in [3.8, 4) is 0 Å². The zero-order valence-corrected chi connectivity index (χ0v) is 10.4. The predicted molar refractivity (Wildman–Crippen MR) is 62.9 cm³/mol. The van der Waals surface area contributed by atoms with Gasteiger partial charge in [0.1, 0.15) is 0 Å². The molecule has 1 aromatic rings. The third-order valence-electron chi connectivity index (χ3n) is 2.63. The number of benzene rings is 1. The Morgan fingerprint density at radius 1 is 1.47 bits per heavy atom. The fourth-order valence-electron chi connectivity index (χ4n) is 1.93. The van der Waals surface area contributed by atoms with Crippen molar-refractivity contribution >= 4 is 21.5 Å². The number of sulfone groups is 1. The van der Waals surface area contributed by atoms with E-state index in [2.05, 4.69) is 10.1 Å². The van der Waals surface area contributed by atoms with Crippen LogP contribution in [0.15, 0.2) is 23.1 Å². The van der Waals surface area contributed by atoms with Crippen molar-refractivity contribution in [1.29, 1.82) is 0 Å². The first kappa shape index (κ1) is 11.9. The molecule has 0 radical (unpaired) electrons. The van der Waals surface area contributed by atoms with E-state index in [9.17, 15) is 13.2 Å². The highest BCUT2D eigenvalue weighted by atomic mass is 32.2. The van der Waals surface area contributed by atoms with E-state index in [1.54, 1.807) is 19.1 Å². The molecule has 1 aliphatic rings. The van der Waals surface area contributed by atoms with Gasteiger partial charge in [-0.25, -0.2) is 13.2 Å². The van der Waals surface area contributed by atoms with E-state index in [1.165, 1.54) is 13.2 Å². The van der Waals surface area contributed by atoms with Gasteiger partial charge >= 0.3 is 5.97 Å². The molecule has 0 aromatic heterocycles. The van der Waals surface area contributed by atoms with E-state index < -0.39 is 15.8 Å². The second-order valence-electron chi connectivity index (χ2n) is 4.00. The van der Waals surface area contributed by atoms with Crippen LogP contribution in [-0.2, 0) is 14.6 Å². The summed E-state index contributed by atoms with van der Waals surface area (Å²) in [5.74, 6) is -0.511. The number of para-hydroxylation sites is 1. The molecule has 0 saturated carbocycles. The van der Waals surface area contributed by atoms with Crippen LogP contribution in [0.3, 0.4) is 0 Å². The summed E-state index contributed by atoms with van der Waals surface area (Å²) in [5, 5.41) is 3.02. The lowest BCUT2D eigenvalue weighted by Gasteiger charge is -2.25. The first-order valence-electron chi connectivity index (χ1n) is 5.16. The molecule has 17 heavy (non-hydrogen) atoms. The number of carbonyl (C=O) groups is 1. The van der Waals surface area contributed by atoms with Crippen molar-refractivity contribution in [3.05, 3.63) is 23.8 Å². The first-order chi connectivity index (χ1) is 7.95. The molecule has 0 saturated heterocycles. The van der Waals surface area contributed by atoms with Gasteiger partial charge < -0.3 is 10.1 Å². The van der Waals surface area contributed by atoms with Gasteiger partial charge in [0.25, 0.3) is 0 Å². The molecule has 0 spiro atoms. The number of methoxy groups -OCH3 is 1. The number of anilines is 1. The highest BCUT2D eigenvalue weighted by Gasteiger charge is 2.30. The highest BCUT2D eigenvalue weighted by Crippen LogP contribution is 2.31. The Morgan fingerprint density at radius 2 is 2.18 bits per heavy atom. The number of hydrogen-bond acceptors (Lipinski definition) is 5. The number of fused-ring (bicyclic) bond motifs is 1. The summed E-state index contributed by atoms with van der Waals surface area (Å²) in [6, 6.07) is 4.36. The maximum atomic E-state index is 12.0. The smallest absolute Gasteiger partial charge is 0.340 e. The normalized spacial score (nSPS) is 21.2. The minimum absolute atomic E-state index is 0.0324. The summed E-state index contributed by atoms with van der Waals surface area (Å²) in [4.78, 5) is 11.7. The number of nitrogens with one attached hydrogen (secondary N) is 1. The molecular formula is C11H13NO4S. The Hall–Kier alpha value is -1.56. The Morgan fingerprint density at radius 3 is 2.82 bits per heavy atom. The van der Waals surface area contributed by atoms with Crippen LogP contribution in [0.2, 0.25) is 0 Å². The predicted octanol–water partition coefficient (Wildman–Crippen LogP) is 1.06. The van der Waals surface area contributed by atoms with E-state index in [-0.39, 0.29) is 22.3 Å². The average molecular weight is 255 g/mol.